The summed E-state index contributed by atoms with van der Waals surface area (Å²) in [7, 11) is 0. The second kappa shape index (κ2) is 6.74. The molecule has 27 heavy (non-hydrogen) atoms. The van der Waals surface area contributed by atoms with Crippen LogP contribution in [0.3, 0.4) is 0 Å². The Hall–Kier alpha value is -1.67. The number of carbonyl (C=O) groups excluding carboxylic acids is 1. The zero-order chi connectivity index (χ0) is 19.3. The number of fused-ring (bicyclic) bond motifs is 3. The van der Waals surface area contributed by atoms with Crippen molar-refractivity contribution in [3.8, 4) is 0 Å². The molecule has 7 nitrogen and oxygen atoms in total. The molecular weight excluding hydrogens is 434 g/mol. The molecule has 0 aromatic carbocycles. The van der Waals surface area contributed by atoms with Crippen molar-refractivity contribution >= 4 is 50.5 Å². The Morgan fingerprint density at radius 3 is 2.56 bits per heavy atom. The largest absolute Gasteiger partial charge is 0.444 e. The Labute approximate surface area is 171 Å². The van der Waals surface area contributed by atoms with Gasteiger partial charge in [-0.3, -0.25) is 4.90 Å². The van der Waals surface area contributed by atoms with Gasteiger partial charge >= 0.3 is 6.09 Å². The minimum absolute atomic E-state index is 0.0952. The van der Waals surface area contributed by atoms with Crippen LogP contribution in [0, 0.1) is 0 Å². The lowest BCUT2D eigenvalue weighted by molar-refractivity contribution is 0.0123. The van der Waals surface area contributed by atoms with Crippen molar-refractivity contribution in [1.29, 1.82) is 0 Å². The second-order valence-corrected chi connectivity index (χ2v) is 9.27. The van der Waals surface area contributed by atoms with Gasteiger partial charge in [-0.25, -0.2) is 14.8 Å². The normalized spacial score (nSPS) is 22.4. The molecule has 0 saturated carbocycles. The van der Waals surface area contributed by atoms with E-state index in [-0.39, 0.29) is 23.5 Å². The number of rotatable bonds is 1. The third-order valence-corrected chi connectivity index (χ3v) is 5.45. The van der Waals surface area contributed by atoms with Crippen molar-refractivity contribution in [3.63, 3.8) is 0 Å². The number of carbonyl (C=O) groups is 1. The van der Waals surface area contributed by atoms with E-state index in [1.54, 1.807) is 6.20 Å². The molecule has 2 aliphatic heterocycles. The molecule has 9 heteroatoms. The maximum atomic E-state index is 12.6. The van der Waals surface area contributed by atoms with Crippen molar-refractivity contribution in [2.45, 2.75) is 51.3 Å². The van der Waals surface area contributed by atoms with E-state index in [4.69, 9.17) is 16.3 Å². The van der Waals surface area contributed by atoms with Crippen LogP contribution < -0.4 is 4.90 Å². The average Bonchev–Trinajstić information content (AvgIpc) is 2.82. The lowest BCUT2D eigenvalue weighted by Crippen LogP contribution is -2.57. The van der Waals surface area contributed by atoms with Gasteiger partial charge in [-0.15, -0.1) is 0 Å². The van der Waals surface area contributed by atoms with Crippen LogP contribution in [0.15, 0.2) is 16.7 Å². The molecule has 144 valence electrons. The molecule has 2 saturated heterocycles. The Kier molecular flexibility index (Phi) is 4.66. The summed E-state index contributed by atoms with van der Waals surface area (Å²) in [4.78, 5) is 29.9. The van der Waals surface area contributed by atoms with E-state index in [1.165, 1.54) is 0 Å². The number of pyridine rings is 1. The van der Waals surface area contributed by atoms with Crippen molar-refractivity contribution in [1.82, 2.24) is 19.9 Å². The minimum Gasteiger partial charge on any atom is -0.444 e. The number of hydrogen-bond acceptors (Lipinski definition) is 6. The number of nitrogens with zero attached hydrogens (tertiary/aromatic N) is 5. The smallest absolute Gasteiger partial charge is 0.410 e. The van der Waals surface area contributed by atoms with Crippen LogP contribution in [0.4, 0.5) is 10.6 Å². The molecule has 2 bridgehead atoms. The third kappa shape index (κ3) is 3.69. The van der Waals surface area contributed by atoms with E-state index in [2.05, 4.69) is 35.8 Å². The van der Waals surface area contributed by atoms with Gasteiger partial charge in [0.15, 0.2) is 5.82 Å². The van der Waals surface area contributed by atoms with Gasteiger partial charge in [0.1, 0.15) is 11.1 Å². The summed E-state index contributed by atoms with van der Waals surface area (Å²) in [6.45, 7) is 7.03. The third-order valence-electron chi connectivity index (χ3n) is 4.84. The summed E-state index contributed by atoms with van der Waals surface area (Å²) in [6, 6.07) is 2.07. The lowest BCUT2D eigenvalue weighted by Gasteiger charge is -2.41. The van der Waals surface area contributed by atoms with Gasteiger partial charge in [0.2, 0.25) is 5.28 Å². The number of piperazine rings is 1. The zero-order valence-electron chi connectivity index (χ0n) is 15.4. The van der Waals surface area contributed by atoms with Crippen LogP contribution in [0.2, 0.25) is 5.28 Å². The number of anilines is 1. The molecule has 4 heterocycles. The molecule has 2 atom stereocenters. The molecule has 4 rings (SSSR count). The van der Waals surface area contributed by atoms with Gasteiger partial charge < -0.3 is 9.64 Å². The van der Waals surface area contributed by atoms with Crippen LogP contribution in [0.1, 0.15) is 33.6 Å². The monoisotopic (exact) mass is 453 g/mol. The molecule has 0 radical (unpaired) electrons. The van der Waals surface area contributed by atoms with Crippen molar-refractivity contribution in [3.05, 3.63) is 22.0 Å². The Bertz CT molecular complexity index is 884. The Morgan fingerprint density at radius 2 is 1.93 bits per heavy atom. The highest BCUT2D eigenvalue weighted by Crippen LogP contribution is 2.35. The second-order valence-electron chi connectivity index (χ2n) is 8.02. The maximum Gasteiger partial charge on any atom is 0.410 e. The topological polar surface area (TPSA) is 71.5 Å². The molecule has 2 aliphatic rings. The molecule has 0 N–H and O–H groups in total. The number of halogens is 2. The van der Waals surface area contributed by atoms with E-state index >= 15 is 0 Å². The first-order valence-corrected chi connectivity index (χ1v) is 10.1. The highest BCUT2D eigenvalue weighted by atomic mass is 79.9. The van der Waals surface area contributed by atoms with Gasteiger partial charge in [-0.05, 0) is 67.2 Å². The van der Waals surface area contributed by atoms with Crippen LogP contribution in [-0.4, -0.2) is 56.7 Å². The predicted octanol–water partition coefficient (Wildman–Crippen LogP) is 4.03. The van der Waals surface area contributed by atoms with E-state index in [0.717, 1.165) is 23.1 Å². The highest BCUT2D eigenvalue weighted by Gasteiger charge is 2.45. The molecule has 2 aromatic heterocycles. The first-order chi connectivity index (χ1) is 12.7. The summed E-state index contributed by atoms with van der Waals surface area (Å²) >= 11 is 9.58. The molecular formula is C18H21BrClN5O2. The zero-order valence-corrected chi connectivity index (χ0v) is 17.8. The van der Waals surface area contributed by atoms with E-state index in [0.29, 0.717) is 24.1 Å². The number of hydrogen-bond donors (Lipinski definition) is 0. The molecule has 0 spiro atoms. The van der Waals surface area contributed by atoms with E-state index in [9.17, 15) is 4.79 Å². The fourth-order valence-corrected chi connectivity index (χ4v) is 4.35. The van der Waals surface area contributed by atoms with Crippen LogP contribution in [0.5, 0.6) is 0 Å². The van der Waals surface area contributed by atoms with Gasteiger partial charge in [0, 0.05) is 23.8 Å². The van der Waals surface area contributed by atoms with Gasteiger partial charge in [-0.1, -0.05) is 0 Å². The lowest BCUT2D eigenvalue weighted by atomic mass is 10.2. The van der Waals surface area contributed by atoms with Crippen LogP contribution >= 0.6 is 27.5 Å². The fourth-order valence-electron chi connectivity index (χ4n) is 3.86. The SMILES string of the molecule is CC(C)(C)OC(=O)N1[C@@H]2CC[C@H]1CN(c1nc(Cl)nc3cc(Br)cnc13)C2. The molecule has 2 aromatic rings. The first-order valence-electron chi connectivity index (χ1n) is 8.96. The molecule has 0 unspecified atom stereocenters. The summed E-state index contributed by atoms with van der Waals surface area (Å²) in [6.07, 6.45) is 3.41. The van der Waals surface area contributed by atoms with Crippen molar-refractivity contribution < 1.29 is 9.53 Å². The highest BCUT2D eigenvalue weighted by molar-refractivity contribution is 9.10. The summed E-state index contributed by atoms with van der Waals surface area (Å²) < 4.78 is 6.44. The number of aromatic nitrogens is 3. The summed E-state index contributed by atoms with van der Waals surface area (Å²) in [5, 5.41) is 0.194. The van der Waals surface area contributed by atoms with Crippen molar-refractivity contribution in [2.24, 2.45) is 0 Å². The van der Waals surface area contributed by atoms with Gasteiger partial charge in [0.05, 0.1) is 17.6 Å². The Balaban J connectivity index is 1.62. The number of ether oxygens (including phenoxy) is 1. The quantitative estimate of drug-likeness (QED) is 0.606. The maximum absolute atomic E-state index is 12.6. The van der Waals surface area contributed by atoms with E-state index < -0.39 is 5.60 Å². The molecule has 2 fully saturated rings. The molecule has 0 aliphatic carbocycles. The van der Waals surface area contributed by atoms with Gasteiger partial charge in [-0.2, -0.15) is 4.98 Å². The first kappa shape index (κ1) is 18.7. The summed E-state index contributed by atoms with van der Waals surface area (Å²) in [5.41, 5.74) is 0.912. The van der Waals surface area contributed by atoms with E-state index in [1.807, 2.05) is 31.7 Å². The van der Waals surface area contributed by atoms with Crippen molar-refractivity contribution in [2.75, 3.05) is 18.0 Å². The summed E-state index contributed by atoms with van der Waals surface area (Å²) in [5.74, 6) is 0.721. The van der Waals surface area contributed by atoms with Crippen LogP contribution in [-0.2, 0) is 4.74 Å². The van der Waals surface area contributed by atoms with Crippen LogP contribution in [0.25, 0.3) is 11.0 Å². The standard InChI is InChI=1S/C18H21BrClN5O2/c1-18(2,3)27-17(26)25-11-4-5-12(25)9-24(8-11)15-14-13(22-16(20)23-15)6-10(19)7-21-14/h6-7,11-12H,4-5,8-9H2,1-3H3/t11-,12+. The Morgan fingerprint density at radius 1 is 1.26 bits per heavy atom. The predicted molar refractivity (Wildman–Crippen MR) is 107 cm³/mol. The fraction of sp³-hybridized carbons (Fsp3) is 0.556. The number of amides is 1. The average molecular weight is 455 g/mol. The van der Waals surface area contributed by atoms with Gasteiger partial charge in [0.25, 0.3) is 0 Å². The minimum atomic E-state index is -0.499. The molecule has 1 amide bonds.